The van der Waals surface area contributed by atoms with E-state index in [2.05, 4.69) is 15.5 Å². The molecule has 0 bridgehead atoms. The lowest BCUT2D eigenvalue weighted by Crippen LogP contribution is -2.27. The highest BCUT2D eigenvalue weighted by Crippen LogP contribution is 2.26. The molecule has 112 valence electrons. The highest BCUT2D eigenvalue weighted by atomic mass is 16.5. The molecule has 3 rings (SSSR count). The SMILES string of the molecule is CC(C)Oc1cccc(-c2nc(C3CCCCN3)no2)c1. The van der Waals surface area contributed by atoms with Gasteiger partial charge in [-0.3, -0.25) is 0 Å². The average Bonchev–Trinajstić information content (AvgIpc) is 2.98. The van der Waals surface area contributed by atoms with Crippen molar-refractivity contribution in [2.24, 2.45) is 0 Å². The molecule has 0 spiro atoms. The normalized spacial score (nSPS) is 18.9. The van der Waals surface area contributed by atoms with Gasteiger partial charge in [0.15, 0.2) is 5.82 Å². The van der Waals surface area contributed by atoms with Gasteiger partial charge in [0.05, 0.1) is 12.1 Å². The Labute approximate surface area is 124 Å². The van der Waals surface area contributed by atoms with E-state index >= 15 is 0 Å². The zero-order chi connectivity index (χ0) is 14.7. The molecule has 1 aromatic carbocycles. The Hall–Kier alpha value is -1.88. The summed E-state index contributed by atoms with van der Waals surface area (Å²) < 4.78 is 11.1. The Morgan fingerprint density at radius 3 is 3.00 bits per heavy atom. The quantitative estimate of drug-likeness (QED) is 0.934. The first-order valence-electron chi connectivity index (χ1n) is 7.56. The third-order valence-electron chi connectivity index (χ3n) is 3.52. The molecule has 1 unspecified atom stereocenters. The fraction of sp³-hybridized carbons (Fsp3) is 0.500. The minimum absolute atomic E-state index is 0.143. The molecule has 2 aromatic rings. The zero-order valence-electron chi connectivity index (χ0n) is 12.5. The van der Waals surface area contributed by atoms with Crippen molar-refractivity contribution < 1.29 is 9.26 Å². The van der Waals surface area contributed by atoms with Crippen LogP contribution in [0, 0.1) is 0 Å². The van der Waals surface area contributed by atoms with E-state index in [4.69, 9.17) is 9.26 Å². The summed E-state index contributed by atoms with van der Waals surface area (Å²) in [6.07, 6.45) is 3.63. The zero-order valence-corrected chi connectivity index (χ0v) is 12.5. The van der Waals surface area contributed by atoms with Crippen molar-refractivity contribution in [1.29, 1.82) is 0 Å². The van der Waals surface area contributed by atoms with Crippen LogP contribution >= 0.6 is 0 Å². The molecule has 5 nitrogen and oxygen atoms in total. The number of hydrogen-bond donors (Lipinski definition) is 1. The highest BCUT2D eigenvalue weighted by Gasteiger charge is 2.20. The first-order valence-corrected chi connectivity index (χ1v) is 7.56. The second-order valence-corrected chi connectivity index (χ2v) is 5.65. The Kier molecular flexibility index (Phi) is 4.20. The fourth-order valence-electron chi connectivity index (χ4n) is 2.54. The number of ether oxygens (including phenoxy) is 1. The van der Waals surface area contributed by atoms with Crippen LogP contribution in [0.2, 0.25) is 0 Å². The molecule has 1 saturated heterocycles. The molecule has 1 aliphatic rings. The number of nitrogens with one attached hydrogen (secondary N) is 1. The average molecular weight is 287 g/mol. The number of nitrogens with zero attached hydrogens (tertiary/aromatic N) is 2. The Bertz CT molecular complexity index is 589. The third-order valence-corrected chi connectivity index (χ3v) is 3.52. The van der Waals surface area contributed by atoms with Gasteiger partial charge in [0, 0.05) is 5.56 Å². The first kappa shape index (κ1) is 14.1. The van der Waals surface area contributed by atoms with Crippen LogP contribution in [0.1, 0.15) is 45.0 Å². The van der Waals surface area contributed by atoms with Gasteiger partial charge in [-0.05, 0) is 51.4 Å². The van der Waals surface area contributed by atoms with Gasteiger partial charge in [0.1, 0.15) is 5.75 Å². The lowest BCUT2D eigenvalue weighted by Gasteiger charge is -2.19. The monoisotopic (exact) mass is 287 g/mol. The van der Waals surface area contributed by atoms with Gasteiger partial charge in [-0.15, -0.1) is 0 Å². The van der Waals surface area contributed by atoms with Gasteiger partial charge in [0.2, 0.25) is 0 Å². The van der Waals surface area contributed by atoms with E-state index in [1.165, 1.54) is 12.8 Å². The number of hydrogen-bond acceptors (Lipinski definition) is 5. The number of piperidine rings is 1. The summed E-state index contributed by atoms with van der Waals surface area (Å²) in [7, 11) is 0. The third kappa shape index (κ3) is 3.42. The molecule has 1 aliphatic heterocycles. The molecule has 0 amide bonds. The molecular formula is C16H21N3O2. The van der Waals surface area contributed by atoms with E-state index in [1.807, 2.05) is 38.1 Å². The number of rotatable bonds is 4. The minimum Gasteiger partial charge on any atom is -0.491 e. The number of aromatic nitrogens is 2. The second kappa shape index (κ2) is 6.26. The van der Waals surface area contributed by atoms with Crippen LogP contribution in [0.15, 0.2) is 28.8 Å². The molecule has 2 heterocycles. The van der Waals surface area contributed by atoms with Crippen LogP contribution in [0.25, 0.3) is 11.5 Å². The van der Waals surface area contributed by atoms with Gasteiger partial charge in [0.25, 0.3) is 5.89 Å². The molecule has 1 atom stereocenters. The summed E-state index contributed by atoms with van der Waals surface area (Å²) in [5.41, 5.74) is 0.891. The minimum atomic E-state index is 0.143. The summed E-state index contributed by atoms with van der Waals surface area (Å²) in [5, 5.41) is 7.55. The molecule has 0 saturated carbocycles. The summed E-state index contributed by atoms with van der Waals surface area (Å²) in [5.74, 6) is 2.12. The Morgan fingerprint density at radius 1 is 1.33 bits per heavy atom. The maximum Gasteiger partial charge on any atom is 0.258 e. The molecule has 1 N–H and O–H groups in total. The van der Waals surface area contributed by atoms with Crippen molar-refractivity contribution in [2.45, 2.75) is 45.3 Å². The van der Waals surface area contributed by atoms with Crippen molar-refractivity contribution >= 4 is 0 Å². The molecule has 1 fully saturated rings. The van der Waals surface area contributed by atoms with Gasteiger partial charge in [-0.1, -0.05) is 17.6 Å². The molecule has 0 aliphatic carbocycles. The molecule has 1 aromatic heterocycles. The largest absolute Gasteiger partial charge is 0.491 e. The highest BCUT2D eigenvalue weighted by molar-refractivity contribution is 5.55. The molecule has 0 radical (unpaired) electrons. The van der Waals surface area contributed by atoms with Crippen LogP contribution in [0.5, 0.6) is 5.75 Å². The summed E-state index contributed by atoms with van der Waals surface area (Å²) in [6, 6.07) is 7.98. The van der Waals surface area contributed by atoms with Gasteiger partial charge >= 0.3 is 0 Å². The maximum absolute atomic E-state index is 5.70. The smallest absolute Gasteiger partial charge is 0.258 e. The lowest BCUT2D eigenvalue weighted by molar-refractivity contribution is 0.242. The topological polar surface area (TPSA) is 60.2 Å². The first-order chi connectivity index (χ1) is 10.2. The predicted molar refractivity (Wildman–Crippen MR) is 80.1 cm³/mol. The summed E-state index contributed by atoms with van der Waals surface area (Å²) in [6.45, 7) is 5.03. The van der Waals surface area contributed by atoms with Crippen molar-refractivity contribution in [3.05, 3.63) is 30.1 Å². The van der Waals surface area contributed by atoms with Crippen LogP contribution < -0.4 is 10.1 Å². The van der Waals surface area contributed by atoms with E-state index in [1.54, 1.807) is 0 Å². The van der Waals surface area contributed by atoms with Gasteiger partial charge in [-0.2, -0.15) is 4.98 Å². The van der Waals surface area contributed by atoms with E-state index in [-0.39, 0.29) is 12.1 Å². The Balaban J connectivity index is 1.79. The van der Waals surface area contributed by atoms with E-state index in [0.717, 1.165) is 30.1 Å². The van der Waals surface area contributed by atoms with Crippen LogP contribution in [0.4, 0.5) is 0 Å². The van der Waals surface area contributed by atoms with Gasteiger partial charge in [-0.25, -0.2) is 0 Å². The predicted octanol–water partition coefficient (Wildman–Crippen LogP) is 3.34. The van der Waals surface area contributed by atoms with Crippen molar-refractivity contribution in [2.75, 3.05) is 6.54 Å². The summed E-state index contributed by atoms with van der Waals surface area (Å²) in [4.78, 5) is 4.53. The maximum atomic E-state index is 5.70. The van der Waals surface area contributed by atoms with Crippen LogP contribution in [-0.4, -0.2) is 22.8 Å². The van der Waals surface area contributed by atoms with Crippen LogP contribution in [0.3, 0.4) is 0 Å². The molecular weight excluding hydrogens is 266 g/mol. The van der Waals surface area contributed by atoms with Gasteiger partial charge < -0.3 is 14.6 Å². The van der Waals surface area contributed by atoms with E-state index < -0.39 is 0 Å². The van der Waals surface area contributed by atoms with E-state index in [9.17, 15) is 0 Å². The van der Waals surface area contributed by atoms with Crippen LogP contribution in [-0.2, 0) is 0 Å². The van der Waals surface area contributed by atoms with Crippen molar-refractivity contribution in [3.63, 3.8) is 0 Å². The fourth-order valence-corrected chi connectivity index (χ4v) is 2.54. The number of benzene rings is 1. The second-order valence-electron chi connectivity index (χ2n) is 5.65. The van der Waals surface area contributed by atoms with E-state index in [0.29, 0.717) is 5.89 Å². The molecule has 21 heavy (non-hydrogen) atoms. The van der Waals surface area contributed by atoms with Crippen molar-refractivity contribution in [1.82, 2.24) is 15.5 Å². The van der Waals surface area contributed by atoms with Crippen molar-refractivity contribution in [3.8, 4) is 17.2 Å². The Morgan fingerprint density at radius 2 is 2.24 bits per heavy atom. The standard InChI is InChI=1S/C16H21N3O2/c1-11(2)20-13-7-5-6-12(10-13)16-18-15(19-21-16)14-8-3-4-9-17-14/h5-7,10-11,14,17H,3-4,8-9H2,1-2H3. The molecule has 5 heteroatoms. The lowest BCUT2D eigenvalue weighted by atomic mass is 10.0. The summed E-state index contributed by atoms with van der Waals surface area (Å²) >= 11 is 0.